The molecule has 0 aliphatic rings. The lowest BCUT2D eigenvalue weighted by molar-refractivity contribution is 0.0785. The van der Waals surface area contributed by atoms with E-state index in [1.54, 1.807) is 55.3 Å². The maximum Gasteiger partial charge on any atom is 0.257 e. The summed E-state index contributed by atoms with van der Waals surface area (Å²) < 4.78 is 18.0. The van der Waals surface area contributed by atoms with E-state index in [1.807, 2.05) is 0 Å². The number of hydrogen-bond acceptors (Lipinski definition) is 4. The van der Waals surface area contributed by atoms with Crippen LogP contribution in [-0.4, -0.2) is 28.0 Å². The molecule has 0 saturated heterocycles. The first-order valence-corrected chi connectivity index (χ1v) is 7.43. The fraction of sp³-hybridized carbons (Fsp3) is 0.167. The molecule has 2 aromatic carbocycles. The van der Waals surface area contributed by atoms with Gasteiger partial charge in [0.2, 0.25) is 0 Å². The van der Waals surface area contributed by atoms with Crippen molar-refractivity contribution in [2.24, 2.45) is 0 Å². The number of nitrogens with zero attached hydrogens (tertiary/aromatic N) is 3. The van der Waals surface area contributed by atoms with Crippen molar-refractivity contribution < 1.29 is 13.7 Å². The SMILES string of the molecule is Cc1noc(-c2ccc(C(=O)N(C)Cc3ccc(F)cc3)cc2)n1. The van der Waals surface area contributed by atoms with Crippen LogP contribution >= 0.6 is 0 Å². The Bertz CT molecular complexity index is 841. The molecule has 1 heterocycles. The zero-order valence-corrected chi connectivity index (χ0v) is 13.4. The van der Waals surface area contributed by atoms with Crippen LogP contribution in [0.4, 0.5) is 4.39 Å². The van der Waals surface area contributed by atoms with Gasteiger partial charge in [0.05, 0.1) is 0 Å². The first-order valence-electron chi connectivity index (χ1n) is 7.43. The van der Waals surface area contributed by atoms with Crippen molar-refractivity contribution in [1.82, 2.24) is 15.0 Å². The van der Waals surface area contributed by atoms with Gasteiger partial charge in [0.15, 0.2) is 5.82 Å². The molecular formula is C18H16FN3O2. The van der Waals surface area contributed by atoms with Gasteiger partial charge in [-0.25, -0.2) is 4.39 Å². The molecule has 0 aliphatic heterocycles. The fourth-order valence-electron chi connectivity index (χ4n) is 2.33. The molecule has 3 rings (SSSR count). The number of rotatable bonds is 4. The largest absolute Gasteiger partial charge is 0.337 e. The predicted molar refractivity (Wildman–Crippen MR) is 86.7 cm³/mol. The highest BCUT2D eigenvalue weighted by molar-refractivity contribution is 5.94. The van der Waals surface area contributed by atoms with E-state index in [-0.39, 0.29) is 11.7 Å². The van der Waals surface area contributed by atoms with Crippen molar-refractivity contribution in [2.75, 3.05) is 7.05 Å². The molecule has 5 nitrogen and oxygen atoms in total. The summed E-state index contributed by atoms with van der Waals surface area (Å²) in [6.07, 6.45) is 0. The van der Waals surface area contributed by atoms with Gasteiger partial charge in [-0.15, -0.1) is 0 Å². The third kappa shape index (κ3) is 3.48. The van der Waals surface area contributed by atoms with E-state index >= 15 is 0 Å². The molecule has 0 bridgehead atoms. The summed E-state index contributed by atoms with van der Waals surface area (Å²) in [6, 6.07) is 13.1. The summed E-state index contributed by atoms with van der Waals surface area (Å²) in [5, 5.41) is 3.74. The van der Waals surface area contributed by atoms with E-state index in [2.05, 4.69) is 10.1 Å². The number of carbonyl (C=O) groups is 1. The minimum atomic E-state index is -0.292. The molecule has 3 aromatic rings. The Morgan fingerprint density at radius 2 is 1.79 bits per heavy atom. The van der Waals surface area contributed by atoms with Crippen molar-refractivity contribution >= 4 is 5.91 Å². The summed E-state index contributed by atoms with van der Waals surface area (Å²) >= 11 is 0. The van der Waals surface area contributed by atoms with Crippen LogP contribution in [0.5, 0.6) is 0 Å². The van der Waals surface area contributed by atoms with Crippen LogP contribution in [0.15, 0.2) is 53.1 Å². The zero-order chi connectivity index (χ0) is 17.1. The Morgan fingerprint density at radius 1 is 1.12 bits per heavy atom. The Morgan fingerprint density at radius 3 is 2.38 bits per heavy atom. The lowest BCUT2D eigenvalue weighted by Crippen LogP contribution is -2.26. The van der Waals surface area contributed by atoms with Crippen molar-refractivity contribution in [3.63, 3.8) is 0 Å². The van der Waals surface area contributed by atoms with Gasteiger partial charge in [-0.2, -0.15) is 4.98 Å². The monoisotopic (exact) mass is 325 g/mol. The molecule has 0 N–H and O–H groups in total. The summed E-state index contributed by atoms with van der Waals surface area (Å²) in [4.78, 5) is 18.2. The second-order valence-corrected chi connectivity index (χ2v) is 5.51. The predicted octanol–water partition coefficient (Wildman–Crippen LogP) is 3.46. The average molecular weight is 325 g/mol. The second-order valence-electron chi connectivity index (χ2n) is 5.51. The van der Waals surface area contributed by atoms with E-state index in [0.717, 1.165) is 11.1 Å². The minimum absolute atomic E-state index is 0.118. The first-order chi connectivity index (χ1) is 11.5. The van der Waals surface area contributed by atoms with E-state index in [1.165, 1.54) is 12.1 Å². The molecule has 24 heavy (non-hydrogen) atoms. The van der Waals surface area contributed by atoms with Gasteiger partial charge in [-0.1, -0.05) is 17.3 Å². The highest BCUT2D eigenvalue weighted by atomic mass is 19.1. The average Bonchev–Trinajstić information content (AvgIpc) is 3.03. The standard InChI is InChI=1S/C18H16FN3O2/c1-12-20-17(24-21-12)14-5-7-15(8-6-14)18(23)22(2)11-13-3-9-16(19)10-4-13/h3-10H,11H2,1-2H3. The zero-order valence-electron chi connectivity index (χ0n) is 13.4. The van der Waals surface area contributed by atoms with Crippen LogP contribution < -0.4 is 0 Å². The van der Waals surface area contributed by atoms with Crippen molar-refractivity contribution in [1.29, 1.82) is 0 Å². The van der Waals surface area contributed by atoms with Crippen LogP contribution in [-0.2, 0) is 6.54 Å². The van der Waals surface area contributed by atoms with Crippen molar-refractivity contribution in [3.05, 3.63) is 71.3 Å². The van der Waals surface area contributed by atoms with Crippen molar-refractivity contribution in [3.8, 4) is 11.5 Å². The third-order valence-electron chi connectivity index (χ3n) is 3.59. The number of aromatic nitrogens is 2. The van der Waals surface area contributed by atoms with E-state index in [4.69, 9.17) is 4.52 Å². The quantitative estimate of drug-likeness (QED) is 0.737. The van der Waals surface area contributed by atoms with Gasteiger partial charge in [0.25, 0.3) is 11.8 Å². The summed E-state index contributed by atoms with van der Waals surface area (Å²) in [5.41, 5.74) is 2.18. The Hall–Kier alpha value is -3.02. The van der Waals surface area contributed by atoms with E-state index in [9.17, 15) is 9.18 Å². The van der Waals surface area contributed by atoms with Gasteiger partial charge < -0.3 is 9.42 Å². The number of hydrogen-bond donors (Lipinski definition) is 0. The Balaban J connectivity index is 1.71. The van der Waals surface area contributed by atoms with Crippen LogP contribution in [0.25, 0.3) is 11.5 Å². The molecule has 1 amide bonds. The maximum absolute atomic E-state index is 12.9. The molecule has 0 atom stereocenters. The number of carbonyl (C=O) groups excluding carboxylic acids is 1. The molecule has 6 heteroatoms. The van der Waals surface area contributed by atoms with Gasteiger partial charge in [-0.05, 0) is 48.9 Å². The topological polar surface area (TPSA) is 59.2 Å². The summed E-state index contributed by atoms with van der Waals surface area (Å²) in [7, 11) is 1.71. The van der Waals surface area contributed by atoms with Crippen LogP contribution in [0, 0.1) is 12.7 Å². The number of benzene rings is 2. The van der Waals surface area contributed by atoms with Gasteiger partial charge in [0.1, 0.15) is 5.82 Å². The van der Waals surface area contributed by atoms with Crippen molar-refractivity contribution in [2.45, 2.75) is 13.5 Å². The lowest BCUT2D eigenvalue weighted by atomic mass is 10.1. The molecule has 1 aromatic heterocycles. The minimum Gasteiger partial charge on any atom is -0.337 e. The molecule has 0 saturated carbocycles. The highest BCUT2D eigenvalue weighted by Crippen LogP contribution is 2.18. The van der Waals surface area contributed by atoms with Gasteiger partial charge in [-0.3, -0.25) is 4.79 Å². The Kier molecular flexibility index (Phi) is 4.37. The second kappa shape index (κ2) is 6.62. The number of aryl methyl sites for hydroxylation is 1. The summed E-state index contributed by atoms with van der Waals surface area (Å²) in [6.45, 7) is 2.15. The normalized spacial score (nSPS) is 10.6. The van der Waals surface area contributed by atoms with Crippen LogP contribution in [0.2, 0.25) is 0 Å². The highest BCUT2D eigenvalue weighted by Gasteiger charge is 2.13. The molecule has 0 aliphatic carbocycles. The first kappa shape index (κ1) is 15.9. The lowest BCUT2D eigenvalue weighted by Gasteiger charge is -2.17. The molecule has 0 spiro atoms. The molecule has 122 valence electrons. The molecular weight excluding hydrogens is 309 g/mol. The third-order valence-corrected chi connectivity index (χ3v) is 3.59. The molecule has 0 fully saturated rings. The van der Waals surface area contributed by atoms with Gasteiger partial charge >= 0.3 is 0 Å². The molecule has 0 unspecified atom stereocenters. The van der Waals surface area contributed by atoms with Crippen LogP contribution in [0.1, 0.15) is 21.7 Å². The molecule has 0 radical (unpaired) electrons. The maximum atomic E-state index is 12.9. The van der Waals surface area contributed by atoms with E-state index in [0.29, 0.717) is 23.8 Å². The van der Waals surface area contributed by atoms with E-state index < -0.39 is 0 Å². The fourth-order valence-corrected chi connectivity index (χ4v) is 2.33. The Labute approximate surface area is 138 Å². The summed E-state index contributed by atoms with van der Waals surface area (Å²) in [5.74, 6) is 0.572. The number of halogens is 1. The number of amides is 1. The van der Waals surface area contributed by atoms with Crippen LogP contribution in [0.3, 0.4) is 0 Å². The van der Waals surface area contributed by atoms with Gasteiger partial charge in [0, 0.05) is 24.7 Å². The smallest absolute Gasteiger partial charge is 0.257 e.